The molecule has 0 bridgehead atoms. The molecule has 0 radical (unpaired) electrons. The number of halogens is 1. The van der Waals surface area contributed by atoms with Crippen LogP contribution in [0.5, 0.6) is 0 Å². The lowest BCUT2D eigenvalue weighted by molar-refractivity contribution is 0.102. The zero-order valence-electron chi connectivity index (χ0n) is 15.1. The third kappa shape index (κ3) is 3.85. The molecule has 1 aliphatic rings. The normalized spacial score (nSPS) is 14.6. The molecule has 6 nitrogen and oxygen atoms in total. The minimum atomic E-state index is -3.52. The molecule has 28 heavy (non-hydrogen) atoms. The second-order valence-corrected chi connectivity index (χ2v) is 10.1. The van der Waals surface area contributed by atoms with E-state index in [1.165, 1.54) is 31.0 Å². The standard InChI is InChI=1S/C19H18ClN3O3S2/c1-28(25,26)17-10-12(4-6-14(17)20)18(24)21-13-5-7-15-16(11-13)27-19(22-15)23-8-2-3-9-23/h4-7,10-11H,2-3,8-9H2,1H3,(H,21,24). The minimum absolute atomic E-state index is 0.0602. The average Bonchev–Trinajstić information content (AvgIpc) is 3.30. The Morgan fingerprint density at radius 3 is 2.64 bits per heavy atom. The quantitative estimate of drug-likeness (QED) is 0.664. The molecule has 9 heteroatoms. The van der Waals surface area contributed by atoms with Crippen LogP contribution in [0, 0.1) is 0 Å². The Morgan fingerprint density at radius 2 is 1.93 bits per heavy atom. The summed E-state index contributed by atoms with van der Waals surface area (Å²) in [6.07, 6.45) is 3.44. The van der Waals surface area contributed by atoms with Crippen molar-refractivity contribution in [1.29, 1.82) is 0 Å². The zero-order chi connectivity index (χ0) is 19.9. The Kier molecular flexibility index (Phi) is 5.03. The summed E-state index contributed by atoms with van der Waals surface area (Å²) < 4.78 is 24.6. The molecule has 0 atom stereocenters. The van der Waals surface area contributed by atoms with Gasteiger partial charge in [-0.25, -0.2) is 13.4 Å². The van der Waals surface area contributed by atoms with E-state index in [9.17, 15) is 13.2 Å². The fourth-order valence-electron chi connectivity index (χ4n) is 3.17. The highest BCUT2D eigenvalue weighted by Crippen LogP contribution is 2.32. The second-order valence-electron chi connectivity index (χ2n) is 6.74. The summed E-state index contributed by atoms with van der Waals surface area (Å²) >= 11 is 7.55. The molecule has 4 rings (SSSR count). The molecule has 0 saturated carbocycles. The van der Waals surface area contributed by atoms with Crippen molar-refractivity contribution in [3.63, 3.8) is 0 Å². The number of carbonyl (C=O) groups is 1. The number of amides is 1. The lowest BCUT2D eigenvalue weighted by Crippen LogP contribution is -2.16. The Bertz CT molecular complexity index is 1170. The lowest BCUT2D eigenvalue weighted by Gasteiger charge is -2.11. The first-order valence-electron chi connectivity index (χ1n) is 8.78. The SMILES string of the molecule is CS(=O)(=O)c1cc(C(=O)Nc2ccc3nc(N4CCCC4)sc3c2)ccc1Cl. The number of sulfone groups is 1. The van der Waals surface area contributed by atoms with E-state index in [0.717, 1.165) is 34.7 Å². The predicted molar refractivity (Wildman–Crippen MR) is 114 cm³/mol. The molecule has 146 valence electrons. The minimum Gasteiger partial charge on any atom is -0.348 e. The molecule has 1 fully saturated rings. The van der Waals surface area contributed by atoms with Crippen LogP contribution in [0.25, 0.3) is 10.2 Å². The molecular weight excluding hydrogens is 418 g/mol. The van der Waals surface area contributed by atoms with Gasteiger partial charge in [0.05, 0.1) is 20.1 Å². The number of nitrogens with one attached hydrogen (secondary N) is 1. The van der Waals surface area contributed by atoms with Gasteiger partial charge in [0, 0.05) is 30.6 Å². The first-order valence-corrected chi connectivity index (χ1v) is 11.9. The van der Waals surface area contributed by atoms with Gasteiger partial charge >= 0.3 is 0 Å². The van der Waals surface area contributed by atoms with Gasteiger partial charge in [0.1, 0.15) is 0 Å². The number of hydrogen-bond acceptors (Lipinski definition) is 6. The Balaban J connectivity index is 1.58. The van der Waals surface area contributed by atoms with Crippen molar-refractivity contribution in [2.75, 3.05) is 29.6 Å². The fourth-order valence-corrected chi connectivity index (χ4v) is 5.52. The molecular formula is C19H18ClN3O3S2. The molecule has 0 unspecified atom stereocenters. The van der Waals surface area contributed by atoms with Gasteiger partial charge in [-0.1, -0.05) is 22.9 Å². The van der Waals surface area contributed by atoms with E-state index >= 15 is 0 Å². The van der Waals surface area contributed by atoms with Crippen molar-refractivity contribution in [3.05, 3.63) is 47.0 Å². The average molecular weight is 436 g/mol. The Hall–Kier alpha value is -2.16. The highest BCUT2D eigenvalue weighted by molar-refractivity contribution is 7.90. The highest BCUT2D eigenvalue weighted by Gasteiger charge is 2.18. The van der Waals surface area contributed by atoms with Crippen molar-refractivity contribution >= 4 is 59.7 Å². The van der Waals surface area contributed by atoms with Crippen LogP contribution >= 0.6 is 22.9 Å². The van der Waals surface area contributed by atoms with Gasteiger partial charge in [0.15, 0.2) is 15.0 Å². The van der Waals surface area contributed by atoms with Gasteiger partial charge in [-0.3, -0.25) is 4.79 Å². The largest absolute Gasteiger partial charge is 0.348 e. The highest BCUT2D eigenvalue weighted by atomic mass is 35.5. The van der Waals surface area contributed by atoms with E-state index in [4.69, 9.17) is 11.6 Å². The topological polar surface area (TPSA) is 79.4 Å². The lowest BCUT2D eigenvalue weighted by atomic mass is 10.2. The molecule has 1 saturated heterocycles. The maximum atomic E-state index is 12.6. The summed E-state index contributed by atoms with van der Waals surface area (Å²) in [6.45, 7) is 2.06. The summed E-state index contributed by atoms with van der Waals surface area (Å²) in [4.78, 5) is 19.5. The van der Waals surface area contributed by atoms with E-state index in [2.05, 4.69) is 15.2 Å². The van der Waals surface area contributed by atoms with Crippen LogP contribution in [0.3, 0.4) is 0 Å². The van der Waals surface area contributed by atoms with Crippen LogP contribution in [0.2, 0.25) is 5.02 Å². The summed E-state index contributed by atoms with van der Waals surface area (Å²) in [5, 5.41) is 3.92. The first kappa shape index (κ1) is 19.2. The predicted octanol–water partition coefficient (Wildman–Crippen LogP) is 4.21. The number of anilines is 2. The van der Waals surface area contributed by atoms with E-state index in [-0.39, 0.29) is 15.5 Å². The van der Waals surface area contributed by atoms with Crippen molar-refractivity contribution in [2.45, 2.75) is 17.7 Å². The zero-order valence-corrected chi connectivity index (χ0v) is 17.5. The summed E-state index contributed by atoms with van der Waals surface area (Å²) in [6, 6.07) is 9.78. The van der Waals surface area contributed by atoms with Gasteiger partial charge in [0.25, 0.3) is 5.91 Å². The first-order chi connectivity index (χ1) is 13.3. The third-order valence-corrected chi connectivity index (χ3v) is 7.26. The molecule has 0 spiro atoms. The van der Waals surface area contributed by atoms with E-state index < -0.39 is 15.7 Å². The smallest absolute Gasteiger partial charge is 0.255 e. The molecule has 0 aliphatic carbocycles. The van der Waals surface area contributed by atoms with Crippen LogP contribution in [-0.2, 0) is 9.84 Å². The number of thiazole rings is 1. The third-order valence-electron chi connectivity index (χ3n) is 4.60. The van der Waals surface area contributed by atoms with Crippen LogP contribution in [0.15, 0.2) is 41.3 Å². The van der Waals surface area contributed by atoms with Crippen LogP contribution in [0.1, 0.15) is 23.2 Å². The van der Waals surface area contributed by atoms with E-state index in [1.807, 2.05) is 12.1 Å². The van der Waals surface area contributed by atoms with Gasteiger partial charge in [-0.2, -0.15) is 0 Å². The molecule has 1 aromatic heterocycles. The van der Waals surface area contributed by atoms with Crippen molar-refractivity contribution in [3.8, 4) is 0 Å². The van der Waals surface area contributed by atoms with Gasteiger partial charge in [-0.05, 0) is 49.2 Å². The maximum Gasteiger partial charge on any atom is 0.255 e. The Morgan fingerprint density at radius 1 is 1.18 bits per heavy atom. The molecule has 1 aliphatic heterocycles. The number of fused-ring (bicyclic) bond motifs is 1. The summed E-state index contributed by atoms with van der Waals surface area (Å²) in [7, 11) is -3.52. The molecule has 3 aromatic rings. The Labute approximate surface area is 172 Å². The fraction of sp³-hybridized carbons (Fsp3) is 0.263. The molecule has 1 N–H and O–H groups in total. The second kappa shape index (κ2) is 7.35. The van der Waals surface area contributed by atoms with Crippen LogP contribution in [-0.4, -0.2) is 38.7 Å². The number of carbonyl (C=O) groups excluding carboxylic acids is 1. The van der Waals surface area contributed by atoms with Crippen molar-refractivity contribution in [1.82, 2.24) is 4.98 Å². The van der Waals surface area contributed by atoms with Gasteiger partial charge in [-0.15, -0.1) is 0 Å². The monoisotopic (exact) mass is 435 g/mol. The summed E-state index contributed by atoms with van der Waals surface area (Å²) in [5.74, 6) is -0.398. The van der Waals surface area contributed by atoms with Crippen molar-refractivity contribution < 1.29 is 13.2 Å². The van der Waals surface area contributed by atoms with E-state index in [1.54, 1.807) is 17.4 Å². The van der Waals surface area contributed by atoms with Crippen LogP contribution in [0.4, 0.5) is 10.8 Å². The number of hydrogen-bond donors (Lipinski definition) is 1. The number of aromatic nitrogens is 1. The molecule has 1 amide bonds. The van der Waals surface area contributed by atoms with Gasteiger partial charge in [0.2, 0.25) is 0 Å². The van der Waals surface area contributed by atoms with Gasteiger partial charge < -0.3 is 10.2 Å². The van der Waals surface area contributed by atoms with E-state index in [0.29, 0.717) is 5.69 Å². The summed E-state index contributed by atoms with van der Waals surface area (Å²) in [5.41, 5.74) is 1.76. The number of nitrogens with zero attached hydrogens (tertiary/aromatic N) is 2. The molecule has 2 heterocycles. The maximum absolute atomic E-state index is 12.6. The van der Waals surface area contributed by atoms with Crippen LogP contribution < -0.4 is 10.2 Å². The van der Waals surface area contributed by atoms with Crippen molar-refractivity contribution in [2.24, 2.45) is 0 Å². The molecule has 2 aromatic carbocycles. The number of benzene rings is 2. The number of rotatable bonds is 4.